The van der Waals surface area contributed by atoms with Gasteiger partial charge in [-0.3, -0.25) is 9.48 Å². The normalized spacial score (nSPS) is 12.0. The Balaban J connectivity index is 2.42. The SMILES string of the molecule is COC(CNC(=O)NCc1c(C)nn(C)c1C)CC(=O)O. The number of rotatable bonds is 7. The number of carbonyl (C=O) groups excluding carboxylic acids is 1. The first-order valence-electron chi connectivity index (χ1n) is 6.60. The van der Waals surface area contributed by atoms with E-state index in [1.807, 2.05) is 20.9 Å². The molecular formula is C13H22N4O4. The molecule has 0 spiro atoms. The molecule has 118 valence electrons. The largest absolute Gasteiger partial charge is 0.481 e. The molecule has 0 fully saturated rings. The average molecular weight is 298 g/mol. The van der Waals surface area contributed by atoms with E-state index < -0.39 is 12.1 Å². The van der Waals surface area contributed by atoms with Crippen LogP contribution in [0.5, 0.6) is 0 Å². The summed E-state index contributed by atoms with van der Waals surface area (Å²) in [7, 11) is 3.26. The number of nitrogens with zero attached hydrogens (tertiary/aromatic N) is 2. The molecule has 0 aromatic carbocycles. The standard InChI is InChI=1S/C13H22N4O4/c1-8-11(9(2)17(3)16-8)7-15-13(20)14-6-10(21-4)5-12(18)19/h10H,5-7H2,1-4H3,(H,18,19)(H2,14,15,20). The van der Waals surface area contributed by atoms with Crippen molar-refractivity contribution in [1.29, 1.82) is 0 Å². The Kier molecular flexibility index (Phi) is 6.16. The summed E-state index contributed by atoms with van der Waals surface area (Å²) in [5.41, 5.74) is 2.84. The lowest BCUT2D eigenvalue weighted by Gasteiger charge is -2.14. The van der Waals surface area contributed by atoms with Crippen LogP contribution < -0.4 is 10.6 Å². The lowest BCUT2D eigenvalue weighted by Crippen LogP contribution is -2.40. The van der Waals surface area contributed by atoms with Crippen LogP contribution in [0.4, 0.5) is 4.79 Å². The van der Waals surface area contributed by atoms with E-state index in [1.54, 1.807) is 4.68 Å². The maximum atomic E-state index is 11.7. The van der Waals surface area contributed by atoms with Gasteiger partial charge in [0.15, 0.2) is 0 Å². The number of aliphatic carboxylic acids is 1. The number of ether oxygens (including phenoxy) is 1. The molecule has 0 radical (unpaired) electrons. The highest BCUT2D eigenvalue weighted by Gasteiger charge is 2.14. The van der Waals surface area contributed by atoms with Crippen LogP contribution in [0.2, 0.25) is 0 Å². The van der Waals surface area contributed by atoms with Gasteiger partial charge in [-0.05, 0) is 13.8 Å². The fourth-order valence-electron chi connectivity index (χ4n) is 1.94. The Hall–Kier alpha value is -2.09. The summed E-state index contributed by atoms with van der Waals surface area (Å²) in [6.45, 7) is 4.33. The van der Waals surface area contributed by atoms with Crippen LogP contribution in [-0.4, -0.2) is 46.6 Å². The zero-order chi connectivity index (χ0) is 16.0. The average Bonchev–Trinajstić information content (AvgIpc) is 2.65. The summed E-state index contributed by atoms with van der Waals surface area (Å²) in [5, 5.41) is 18.3. The molecule has 0 aliphatic heterocycles. The summed E-state index contributed by atoms with van der Waals surface area (Å²) in [4.78, 5) is 22.3. The Morgan fingerprint density at radius 2 is 2.05 bits per heavy atom. The highest BCUT2D eigenvalue weighted by atomic mass is 16.5. The fraction of sp³-hybridized carbons (Fsp3) is 0.615. The number of carboxylic acid groups (broad SMARTS) is 1. The molecule has 1 aromatic heterocycles. The quantitative estimate of drug-likeness (QED) is 0.672. The molecule has 0 saturated heterocycles. The molecule has 2 amide bonds. The Labute approximate surface area is 123 Å². The first-order chi connectivity index (χ1) is 9.85. The molecule has 0 saturated carbocycles. The molecule has 0 bridgehead atoms. The molecule has 1 rings (SSSR count). The number of amides is 2. The highest BCUT2D eigenvalue weighted by Crippen LogP contribution is 2.10. The molecule has 1 unspecified atom stereocenters. The van der Waals surface area contributed by atoms with Crippen molar-refractivity contribution < 1.29 is 19.4 Å². The van der Waals surface area contributed by atoms with E-state index in [2.05, 4.69) is 15.7 Å². The molecule has 1 atom stereocenters. The first kappa shape index (κ1) is 17.0. The van der Waals surface area contributed by atoms with Crippen LogP contribution in [0.15, 0.2) is 0 Å². The van der Waals surface area contributed by atoms with E-state index in [0.717, 1.165) is 17.0 Å². The third kappa shape index (κ3) is 5.07. The zero-order valence-electron chi connectivity index (χ0n) is 12.8. The second kappa shape index (κ2) is 7.63. The van der Waals surface area contributed by atoms with Gasteiger partial charge >= 0.3 is 12.0 Å². The van der Waals surface area contributed by atoms with Crippen molar-refractivity contribution in [2.24, 2.45) is 7.05 Å². The molecule has 8 heteroatoms. The smallest absolute Gasteiger partial charge is 0.315 e. The van der Waals surface area contributed by atoms with Crippen LogP contribution in [0, 0.1) is 13.8 Å². The number of hydrogen-bond acceptors (Lipinski definition) is 4. The van der Waals surface area contributed by atoms with Gasteiger partial charge in [-0.2, -0.15) is 5.10 Å². The fourth-order valence-corrected chi connectivity index (χ4v) is 1.94. The van der Waals surface area contributed by atoms with Crippen molar-refractivity contribution in [3.8, 4) is 0 Å². The van der Waals surface area contributed by atoms with Crippen LogP contribution in [0.25, 0.3) is 0 Å². The first-order valence-corrected chi connectivity index (χ1v) is 6.60. The number of urea groups is 1. The molecule has 1 heterocycles. The van der Waals surface area contributed by atoms with Crippen molar-refractivity contribution in [2.75, 3.05) is 13.7 Å². The summed E-state index contributed by atoms with van der Waals surface area (Å²) in [6.07, 6.45) is -0.701. The number of methoxy groups -OCH3 is 1. The van der Waals surface area contributed by atoms with E-state index in [0.29, 0.717) is 6.54 Å². The molecule has 1 aromatic rings. The van der Waals surface area contributed by atoms with Crippen molar-refractivity contribution in [1.82, 2.24) is 20.4 Å². The Morgan fingerprint density at radius 3 is 2.52 bits per heavy atom. The van der Waals surface area contributed by atoms with Gasteiger partial charge in [-0.25, -0.2) is 4.79 Å². The third-order valence-corrected chi connectivity index (χ3v) is 3.31. The van der Waals surface area contributed by atoms with Gasteiger partial charge in [0.25, 0.3) is 0 Å². The highest BCUT2D eigenvalue weighted by molar-refractivity contribution is 5.74. The predicted octanol–water partition coefficient (Wildman–Crippen LogP) is 0.326. The van der Waals surface area contributed by atoms with Crippen LogP contribution in [0.1, 0.15) is 23.4 Å². The lowest BCUT2D eigenvalue weighted by molar-refractivity contribution is -0.139. The topological polar surface area (TPSA) is 105 Å². The number of hydrogen-bond donors (Lipinski definition) is 3. The summed E-state index contributed by atoms with van der Waals surface area (Å²) in [5.74, 6) is -0.967. The van der Waals surface area contributed by atoms with Gasteiger partial charge in [0.05, 0.1) is 18.2 Å². The summed E-state index contributed by atoms with van der Waals surface area (Å²) in [6, 6.07) is -0.370. The van der Waals surface area contributed by atoms with Gasteiger partial charge in [-0.1, -0.05) is 0 Å². The maximum absolute atomic E-state index is 11.7. The maximum Gasteiger partial charge on any atom is 0.315 e. The van der Waals surface area contributed by atoms with E-state index in [9.17, 15) is 9.59 Å². The van der Waals surface area contributed by atoms with Gasteiger partial charge < -0.3 is 20.5 Å². The van der Waals surface area contributed by atoms with Gasteiger partial charge in [0, 0.05) is 38.5 Å². The Morgan fingerprint density at radius 1 is 1.38 bits per heavy atom. The summed E-state index contributed by atoms with van der Waals surface area (Å²) < 4.78 is 6.74. The predicted molar refractivity (Wildman–Crippen MR) is 76.0 cm³/mol. The van der Waals surface area contributed by atoms with Crippen LogP contribution >= 0.6 is 0 Å². The van der Waals surface area contributed by atoms with Gasteiger partial charge in [0.1, 0.15) is 0 Å². The van der Waals surface area contributed by atoms with E-state index in [1.165, 1.54) is 7.11 Å². The Bertz CT molecular complexity index is 513. The molecule has 3 N–H and O–H groups in total. The lowest BCUT2D eigenvalue weighted by atomic mass is 10.2. The molecule has 0 aliphatic carbocycles. The number of aryl methyl sites for hydroxylation is 2. The van der Waals surface area contributed by atoms with Crippen LogP contribution in [-0.2, 0) is 23.1 Å². The number of nitrogens with one attached hydrogen (secondary N) is 2. The molecule has 8 nitrogen and oxygen atoms in total. The van der Waals surface area contributed by atoms with Crippen molar-refractivity contribution in [3.05, 3.63) is 17.0 Å². The minimum atomic E-state index is -0.967. The molecular weight excluding hydrogens is 276 g/mol. The second-order valence-electron chi connectivity index (χ2n) is 4.79. The monoisotopic (exact) mass is 298 g/mol. The number of aromatic nitrogens is 2. The zero-order valence-corrected chi connectivity index (χ0v) is 12.8. The number of carbonyl (C=O) groups is 2. The second-order valence-corrected chi connectivity index (χ2v) is 4.79. The van der Waals surface area contributed by atoms with Gasteiger partial charge in [-0.15, -0.1) is 0 Å². The third-order valence-electron chi connectivity index (χ3n) is 3.31. The molecule has 21 heavy (non-hydrogen) atoms. The minimum Gasteiger partial charge on any atom is -0.481 e. The minimum absolute atomic E-state index is 0.139. The van der Waals surface area contributed by atoms with Crippen molar-refractivity contribution in [3.63, 3.8) is 0 Å². The van der Waals surface area contributed by atoms with E-state index in [4.69, 9.17) is 9.84 Å². The van der Waals surface area contributed by atoms with Gasteiger partial charge in [0.2, 0.25) is 0 Å². The van der Waals surface area contributed by atoms with Crippen LogP contribution in [0.3, 0.4) is 0 Å². The van der Waals surface area contributed by atoms with Crippen molar-refractivity contribution in [2.45, 2.75) is 32.9 Å². The van der Waals surface area contributed by atoms with E-state index in [-0.39, 0.29) is 19.0 Å². The molecule has 0 aliphatic rings. The van der Waals surface area contributed by atoms with E-state index >= 15 is 0 Å². The van der Waals surface area contributed by atoms with Crippen molar-refractivity contribution >= 4 is 12.0 Å². The number of carboxylic acids is 1. The summed E-state index contributed by atoms with van der Waals surface area (Å²) >= 11 is 0.